The number of carbonyl (C=O) groups is 2. The van der Waals surface area contributed by atoms with Crippen molar-refractivity contribution in [3.63, 3.8) is 0 Å². The third-order valence-electron chi connectivity index (χ3n) is 9.84. The highest BCUT2D eigenvalue weighted by Crippen LogP contribution is 2.56. The first-order chi connectivity index (χ1) is 29.7. The van der Waals surface area contributed by atoms with Crippen LogP contribution in [0.4, 0.5) is 16.2 Å². The molecule has 2 fully saturated rings. The van der Waals surface area contributed by atoms with Crippen molar-refractivity contribution in [2.24, 2.45) is 11.8 Å². The highest BCUT2D eigenvalue weighted by molar-refractivity contribution is 8.07. The molecular formula is C35H39FN11O12P2S+. The fourth-order valence-electron chi connectivity index (χ4n) is 6.66. The first kappa shape index (κ1) is 44.9. The number of imidazole rings is 2. The number of H-pyrrole nitrogens is 1. The van der Waals surface area contributed by atoms with Gasteiger partial charge >= 0.3 is 15.0 Å². The van der Waals surface area contributed by atoms with E-state index in [0.717, 1.165) is 6.33 Å². The van der Waals surface area contributed by atoms with E-state index in [0.29, 0.717) is 5.56 Å². The summed E-state index contributed by atoms with van der Waals surface area (Å²) in [6.07, 6.45) is -6.64. The number of aromatic amines is 1. The highest BCUT2D eigenvalue weighted by Gasteiger charge is 2.53. The van der Waals surface area contributed by atoms with Gasteiger partial charge in [0, 0.05) is 22.0 Å². The van der Waals surface area contributed by atoms with Gasteiger partial charge in [0.25, 0.3) is 11.5 Å². The molecule has 1 aromatic carbocycles. The number of anilines is 2. The number of alkyl halides is 1. The van der Waals surface area contributed by atoms with Gasteiger partial charge in [0.15, 0.2) is 52.9 Å². The van der Waals surface area contributed by atoms with Gasteiger partial charge in [-0.3, -0.25) is 33.8 Å². The minimum absolute atomic E-state index is 0.0164. The quantitative estimate of drug-likeness (QED) is 0.0661. The van der Waals surface area contributed by atoms with Crippen molar-refractivity contribution in [1.29, 1.82) is 5.26 Å². The number of nitriles is 1. The van der Waals surface area contributed by atoms with Crippen molar-refractivity contribution < 1.29 is 56.1 Å². The lowest BCUT2D eigenvalue weighted by molar-refractivity contribution is -0.118. The maximum atomic E-state index is 16.4. The predicted octanol–water partition coefficient (Wildman–Crippen LogP) is 3.16. The minimum atomic E-state index is -4.05. The fourth-order valence-corrected chi connectivity index (χ4v) is 9.26. The van der Waals surface area contributed by atoms with Crippen LogP contribution in [0.3, 0.4) is 0 Å². The number of carbonyl (C=O) groups excluding carboxylic acids is 2. The number of ether oxygens (including phenoxy) is 2. The third-order valence-corrected chi connectivity index (χ3v) is 12.6. The number of nitrogens with zero attached hydrogens (tertiary/aromatic N) is 8. The molecule has 62 heavy (non-hydrogen) atoms. The number of halogens is 1. The minimum Gasteiger partial charge on any atom is -0.394 e. The fraction of sp³-hybridized carbons (Fsp3) is 0.457. The molecule has 4 aromatic heterocycles. The van der Waals surface area contributed by atoms with E-state index in [2.05, 4.69) is 40.5 Å². The van der Waals surface area contributed by atoms with Gasteiger partial charge in [-0.25, -0.2) is 24.3 Å². The van der Waals surface area contributed by atoms with E-state index >= 15 is 4.39 Å². The summed E-state index contributed by atoms with van der Waals surface area (Å²) in [6.45, 7) is -0.452. The van der Waals surface area contributed by atoms with Crippen LogP contribution in [0, 0.1) is 23.2 Å². The first-order valence-electron chi connectivity index (χ1n) is 18.9. The van der Waals surface area contributed by atoms with Gasteiger partial charge in [-0.15, -0.1) is 9.42 Å². The topological polar surface area (TPSA) is 302 Å². The number of hydrogen-bond acceptors (Lipinski definition) is 18. The number of rotatable bonds is 17. The Balaban J connectivity index is 1.15. The number of hydrogen-bond donors (Lipinski definition) is 5. The van der Waals surface area contributed by atoms with Crippen molar-refractivity contribution in [2.75, 3.05) is 30.5 Å². The van der Waals surface area contributed by atoms with Crippen LogP contribution in [0.2, 0.25) is 0 Å². The number of aliphatic hydroxyl groups is 1. The molecule has 10 unspecified atom stereocenters. The number of benzene rings is 1. The number of amides is 2. The van der Waals surface area contributed by atoms with Crippen LogP contribution in [-0.4, -0.2) is 111 Å². The summed E-state index contributed by atoms with van der Waals surface area (Å²) in [5.74, 6) is -2.13. The highest BCUT2D eigenvalue weighted by atomic mass is 32.5. The molecule has 5 aromatic rings. The van der Waals surface area contributed by atoms with E-state index in [9.17, 15) is 34.2 Å². The Hall–Kier alpha value is -5.09. The number of nitrogens with one attached hydrogen (secondary N) is 3. The van der Waals surface area contributed by atoms with Crippen LogP contribution in [0.25, 0.3) is 22.3 Å². The van der Waals surface area contributed by atoms with Gasteiger partial charge in [0.1, 0.15) is 18.5 Å². The maximum absolute atomic E-state index is 16.4. The Bertz CT molecular complexity index is 2610. The van der Waals surface area contributed by atoms with Gasteiger partial charge in [-0.05, 0) is 23.9 Å². The van der Waals surface area contributed by atoms with Crippen LogP contribution in [-0.2, 0) is 48.7 Å². The molecule has 7 rings (SSSR count). The molecule has 2 aliphatic heterocycles. The Morgan fingerprint density at radius 1 is 1.05 bits per heavy atom. The maximum Gasteiger partial charge on any atom is 0.695 e. The van der Waals surface area contributed by atoms with Crippen molar-refractivity contribution in [2.45, 2.75) is 70.2 Å². The smallest absolute Gasteiger partial charge is 0.394 e. The zero-order chi connectivity index (χ0) is 44.3. The number of aliphatic hydroxyl groups excluding tert-OH is 1. The van der Waals surface area contributed by atoms with Crippen LogP contribution >= 0.6 is 15.0 Å². The molecule has 2 saturated heterocycles. The van der Waals surface area contributed by atoms with E-state index in [4.69, 9.17) is 39.4 Å². The molecule has 2 amide bonds. The second-order valence-electron chi connectivity index (χ2n) is 14.2. The monoisotopic (exact) mass is 918 g/mol. The normalized spacial score (nSPS) is 24.9. The Morgan fingerprint density at radius 2 is 1.76 bits per heavy atom. The lowest BCUT2D eigenvalue weighted by atomic mass is 10.0. The van der Waals surface area contributed by atoms with E-state index in [1.165, 1.54) is 21.8 Å². The standard InChI is InChI=1S/C35H38FN11O12P2S/c1-17(2)30(49)44-35-43-29-24(32(51)45-35)41-16-47(29)34-25(18(3)20(12-48)56-34)59-61(62,54-11-7-10-37)55-13-21-26(58-60(52)53)22(36)33(57-21)46-15-40-23-27(38-14-39-28(23)46)42-31(50)19-8-5-4-6-9-19/h4-6,8-9,14-18,20-22,25-26,33-34,48H,7,11-13H2,1-3H3,(H3-,38,39,42,43,44,45,49,50,51,52,53)/p+1. The molecule has 5 N–H and O–H groups in total. The molecule has 0 radical (unpaired) electrons. The molecule has 0 aliphatic carbocycles. The SMILES string of the molecule is CC(C)C(=O)Nc1nc2c(ncn2C2OC(CO)C(C)C2OP(=S)(OCCC#N)OCC2OC(n3cnc4c(NC(=O)c5ccccc5)ncnc43)C(F)C2O[P+](=O)O)c(=O)[nH]1. The summed E-state index contributed by atoms with van der Waals surface area (Å²) in [5, 5.41) is 24.7. The lowest BCUT2D eigenvalue weighted by Gasteiger charge is -2.30. The predicted molar refractivity (Wildman–Crippen MR) is 216 cm³/mol. The van der Waals surface area contributed by atoms with Gasteiger partial charge < -0.3 is 33.5 Å². The molecule has 23 nitrogen and oxygen atoms in total. The Kier molecular flexibility index (Phi) is 13.9. The van der Waals surface area contributed by atoms with Crippen LogP contribution < -0.4 is 16.2 Å². The second kappa shape index (κ2) is 19.1. The molecule has 2 aliphatic rings. The van der Waals surface area contributed by atoms with Crippen LogP contribution in [0.1, 0.15) is 50.0 Å². The summed E-state index contributed by atoms with van der Waals surface area (Å²) < 4.78 is 66.6. The number of fused-ring (bicyclic) bond motifs is 2. The third kappa shape index (κ3) is 9.46. The van der Waals surface area contributed by atoms with E-state index in [1.54, 1.807) is 51.1 Å². The molecule has 0 saturated carbocycles. The average Bonchev–Trinajstić information content (AvgIpc) is 4.02. The molecule has 0 spiro atoms. The number of aromatic nitrogens is 8. The first-order valence-corrected chi connectivity index (χ1v) is 22.5. The van der Waals surface area contributed by atoms with E-state index in [-0.39, 0.29) is 47.1 Å². The molecule has 10 atom stereocenters. The second-order valence-corrected chi connectivity index (χ2v) is 17.9. The zero-order valence-corrected chi connectivity index (χ0v) is 35.5. The van der Waals surface area contributed by atoms with Crippen LogP contribution in [0.15, 0.2) is 54.1 Å². The Labute approximate surface area is 356 Å². The summed E-state index contributed by atoms with van der Waals surface area (Å²) in [7, 11) is -3.38. The Morgan fingerprint density at radius 3 is 2.45 bits per heavy atom. The van der Waals surface area contributed by atoms with Crippen molar-refractivity contribution >= 4 is 72.7 Å². The molecule has 0 bridgehead atoms. The van der Waals surface area contributed by atoms with Gasteiger partial charge in [-0.2, -0.15) is 10.2 Å². The average molecular weight is 919 g/mol. The summed E-state index contributed by atoms with van der Waals surface area (Å²) in [5.41, 5.74) is -0.333. The molecule has 6 heterocycles. The zero-order valence-electron chi connectivity index (χ0n) is 32.9. The largest absolute Gasteiger partial charge is 0.695 e. The summed E-state index contributed by atoms with van der Waals surface area (Å²) in [4.78, 5) is 71.7. The summed E-state index contributed by atoms with van der Waals surface area (Å²) in [6, 6.07) is 10.2. The summed E-state index contributed by atoms with van der Waals surface area (Å²) >= 11 is 5.83. The van der Waals surface area contributed by atoms with Crippen molar-refractivity contribution in [1.82, 2.24) is 39.0 Å². The molecule has 27 heteroatoms. The van der Waals surface area contributed by atoms with Gasteiger partial charge in [0.05, 0.1) is 51.1 Å². The van der Waals surface area contributed by atoms with Crippen LogP contribution in [0.5, 0.6) is 0 Å². The molecule has 328 valence electrons. The van der Waals surface area contributed by atoms with E-state index in [1.807, 2.05) is 6.07 Å². The van der Waals surface area contributed by atoms with Gasteiger partial charge in [0.2, 0.25) is 11.9 Å². The van der Waals surface area contributed by atoms with E-state index < -0.39 is 100 Å². The van der Waals surface area contributed by atoms with Gasteiger partial charge in [-0.1, -0.05) is 39.0 Å². The molecular weight excluding hydrogens is 879 g/mol. The van der Waals surface area contributed by atoms with Crippen molar-refractivity contribution in [3.8, 4) is 6.07 Å². The lowest BCUT2D eigenvalue weighted by Crippen LogP contribution is -2.33. The van der Waals surface area contributed by atoms with Crippen molar-refractivity contribution in [3.05, 3.63) is 65.2 Å².